The predicted octanol–water partition coefficient (Wildman–Crippen LogP) is 2.20. The monoisotopic (exact) mass is 296 g/mol. The van der Waals surface area contributed by atoms with Crippen LogP contribution >= 0.6 is 0 Å². The van der Waals surface area contributed by atoms with E-state index in [1.54, 1.807) is 0 Å². The Hall–Kier alpha value is -1.85. The van der Waals surface area contributed by atoms with Gasteiger partial charge in [-0.15, -0.1) is 0 Å². The molecule has 0 aromatic rings. The van der Waals surface area contributed by atoms with Crippen LogP contribution < -0.4 is 10.6 Å². The van der Waals surface area contributed by atoms with Crippen molar-refractivity contribution in [1.82, 2.24) is 10.6 Å². The van der Waals surface area contributed by atoms with Crippen LogP contribution in [0, 0.1) is 5.41 Å². The van der Waals surface area contributed by atoms with Gasteiger partial charge in [0.2, 0.25) is 0 Å². The van der Waals surface area contributed by atoms with Gasteiger partial charge in [-0.25, -0.2) is 9.59 Å². The van der Waals surface area contributed by atoms with Crippen molar-refractivity contribution in [3.05, 3.63) is 11.1 Å². The molecule has 0 aromatic carbocycles. The quantitative estimate of drug-likeness (QED) is 0.693. The van der Waals surface area contributed by atoms with Gasteiger partial charge in [-0.1, -0.05) is 26.2 Å². The second-order valence-corrected chi connectivity index (χ2v) is 6.06. The number of carboxylic acid groups (broad SMARTS) is 1. The summed E-state index contributed by atoms with van der Waals surface area (Å²) in [5.41, 5.74) is 0.0432. The standard InChI is InChI=1S/C15H24N2O4/c1-10(11(2)13(19)20)12(18)17-14(21)16-9-15(3)7-5-4-6-8-15/h4-9H2,1-3H3,(H,19,20)(H2,16,17,18,21). The van der Waals surface area contributed by atoms with Crippen molar-refractivity contribution < 1.29 is 19.5 Å². The number of hydrogen-bond acceptors (Lipinski definition) is 3. The second kappa shape index (κ2) is 7.24. The summed E-state index contributed by atoms with van der Waals surface area (Å²) in [6, 6.07) is -0.579. The number of hydrogen-bond donors (Lipinski definition) is 3. The Morgan fingerprint density at radius 3 is 2.14 bits per heavy atom. The number of aliphatic carboxylic acids is 1. The highest BCUT2D eigenvalue weighted by atomic mass is 16.4. The number of urea groups is 1. The van der Waals surface area contributed by atoms with Crippen LogP contribution in [0.1, 0.15) is 52.9 Å². The van der Waals surface area contributed by atoms with E-state index in [-0.39, 0.29) is 16.6 Å². The van der Waals surface area contributed by atoms with Gasteiger partial charge in [0.15, 0.2) is 0 Å². The molecular formula is C15H24N2O4. The zero-order chi connectivity index (χ0) is 16.0. The van der Waals surface area contributed by atoms with Crippen LogP contribution in [-0.4, -0.2) is 29.6 Å². The molecule has 0 aromatic heterocycles. The topological polar surface area (TPSA) is 95.5 Å². The zero-order valence-electron chi connectivity index (χ0n) is 12.9. The zero-order valence-corrected chi connectivity index (χ0v) is 12.9. The molecule has 0 aliphatic heterocycles. The second-order valence-electron chi connectivity index (χ2n) is 6.06. The van der Waals surface area contributed by atoms with E-state index in [2.05, 4.69) is 17.6 Å². The van der Waals surface area contributed by atoms with E-state index in [0.717, 1.165) is 12.8 Å². The summed E-state index contributed by atoms with van der Waals surface area (Å²) in [6.07, 6.45) is 5.70. The molecule has 6 heteroatoms. The van der Waals surface area contributed by atoms with E-state index in [4.69, 9.17) is 5.11 Å². The maximum atomic E-state index is 11.7. The third-order valence-electron chi connectivity index (χ3n) is 4.19. The lowest BCUT2D eigenvalue weighted by Gasteiger charge is -2.33. The van der Waals surface area contributed by atoms with Crippen molar-refractivity contribution in [2.24, 2.45) is 5.41 Å². The van der Waals surface area contributed by atoms with Crippen molar-refractivity contribution in [2.75, 3.05) is 6.54 Å². The highest BCUT2D eigenvalue weighted by Crippen LogP contribution is 2.34. The third-order valence-corrected chi connectivity index (χ3v) is 4.19. The molecule has 1 rings (SSSR count). The fourth-order valence-electron chi connectivity index (χ4n) is 2.45. The minimum atomic E-state index is -1.17. The summed E-state index contributed by atoms with van der Waals surface area (Å²) in [5.74, 6) is -1.85. The Morgan fingerprint density at radius 2 is 1.62 bits per heavy atom. The number of amides is 3. The first kappa shape index (κ1) is 17.2. The van der Waals surface area contributed by atoms with Crippen molar-refractivity contribution in [3.8, 4) is 0 Å². The van der Waals surface area contributed by atoms with Gasteiger partial charge < -0.3 is 10.4 Å². The molecule has 0 saturated heterocycles. The van der Waals surface area contributed by atoms with Crippen LogP contribution in [-0.2, 0) is 9.59 Å². The first-order valence-electron chi connectivity index (χ1n) is 7.25. The Bertz CT molecular complexity index is 462. The average Bonchev–Trinajstić information content (AvgIpc) is 2.44. The van der Waals surface area contributed by atoms with Gasteiger partial charge in [0.05, 0.1) is 0 Å². The van der Waals surface area contributed by atoms with Crippen LogP contribution in [0.25, 0.3) is 0 Å². The average molecular weight is 296 g/mol. The van der Waals surface area contributed by atoms with E-state index < -0.39 is 17.9 Å². The number of carbonyl (C=O) groups is 3. The minimum Gasteiger partial charge on any atom is -0.478 e. The summed E-state index contributed by atoms with van der Waals surface area (Å²) in [6.45, 7) is 5.37. The van der Waals surface area contributed by atoms with E-state index in [1.165, 1.54) is 33.1 Å². The summed E-state index contributed by atoms with van der Waals surface area (Å²) < 4.78 is 0. The van der Waals surface area contributed by atoms with Crippen molar-refractivity contribution in [2.45, 2.75) is 52.9 Å². The SMILES string of the molecule is CC(C(=O)O)=C(C)C(=O)NC(=O)NCC1(C)CCCCC1. The number of imide groups is 1. The van der Waals surface area contributed by atoms with Crippen LogP contribution in [0.4, 0.5) is 4.79 Å². The summed E-state index contributed by atoms with van der Waals surface area (Å²) >= 11 is 0. The molecule has 0 radical (unpaired) electrons. The van der Waals surface area contributed by atoms with Crippen molar-refractivity contribution in [3.63, 3.8) is 0 Å². The number of rotatable bonds is 4. The Kier molecular flexibility index (Phi) is 5.93. The molecule has 1 aliphatic carbocycles. The lowest BCUT2D eigenvalue weighted by molar-refractivity contribution is -0.133. The van der Waals surface area contributed by atoms with Gasteiger partial charge >= 0.3 is 12.0 Å². The first-order valence-corrected chi connectivity index (χ1v) is 7.25. The van der Waals surface area contributed by atoms with Crippen LogP contribution in [0.5, 0.6) is 0 Å². The Labute approximate surface area is 125 Å². The smallest absolute Gasteiger partial charge is 0.331 e. The molecule has 118 valence electrons. The molecule has 0 bridgehead atoms. The van der Waals surface area contributed by atoms with Gasteiger partial charge in [-0.05, 0) is 32.1 Å². The molecule has 1 saturated carbocycles. The van der Waals surface area contributed by atoms with Crippen molar-refractivity contribution >= 4 is 17.9 Å². The van der Waals surface area contributed by atoms with Gasteiger partial charge in [0.25, 0.3) is 5.91 Å². The Balaban J connectivity index is 2.48. The lowest BCUT2D eigenvalue weighted by atomic mass is 9.76. The number of carbonyl (C=O) groups excluding carboxylic acids is 2. The molecule has 0 heterocycles. The molecule has 3 amide bonds. The van der Waals surface area contributed by atoms with Gasteiger partial charge in [0, 0.05) is 17.7 Å². The van der Waals surface area contributed by atoms with E-state index in [1.807, 2.05) is 0 Å². The largest absolute Gasteiger partial charge is 0.478 e. The molecular weight excluding hydrogens is 272 g/mol. The number of nitrogens with one attached hydrogen (secondary N) is 2. The lowest BCUT2D eigenvalue weighted by Crippen LogP contribution is -2.44. The fourth-order valence-corrected chi connectivity index (χ4v) is 2.45. The first-order chi connectivity index (χ1) is 9.75. The van der Waals surface area contributed by atoms with Crippen LogP contribution in [0.15, 0.2) is 11.1 Å². The predicted molar refractivity (Wildman–Crippen MR) is 78.7 cm³/mol. The summed E-state index contributed by atoms with van der Waals surface area (Å²) in [4.78, 5) is 34.2. The van der Waals surface area contributed by atoms with Crippen LogP contribution in [0.2, 0.25) is 0 Å². The molecule has 21 heavy (non-hydrogen) atoms. The van der Waals surface area contributed by atoms with Crippen LogP contribution in [0.3, 0.4) is 0 Å². The summed E-state index contributed by atoms with van der Waals surface area (Å²) in [5, 5.41) is 13.7. The molecule has 0 atom stereocenters. The maximum absolute atomic E-state index is 11.7. The number of carboxylic acids is 1. The molecule has 3 N–H and O–H groups in total. The fraction of sp³-hybridized carbons (Fsp3) is 0.667. The molecule has 1 aliphatic rings. The van der Waals surface area contributed by atoms with Gasteiger partial charge in [-0.2, -0.15) is 0 Å². The third kappa shape index (κ3) is 5.21. The molecule has 0 spiro atoms. The highest BCUT2D eigenvalue weighted by molar-refractivity contribution is 6.07. The van der Waals surface area contributed by atoms with Gasteiger partial charge in [0.1, 0.15) is 0 Å². The van der Waals surface area contributed by atoms with E-state index >= 15 is 0 Å². The highest BCUT2D eigenvalue weighted by Gasteiger charge is 2.27. The minimum absolute atomic E-state index is 0.0292. The molecule has 0 unspecified atom stereocenters. The molecule has 1 fully saturated rings. The molecule has 6 nitrogen and oxygen atoms in total. The van der Waals surface area contributed by atoms with Crippen molar-refractivity contribution in [1.29, 1.82) is 0 Å². The Morgan fingerprint density at radius 1 is 1.05 bits per heavy atom. The van der Waals surface area contributed by atoms with E-state index in [0.29, 0.717) is 6.54 Å². The maximum Gasteiger partial charge on any atom is 0.331 e. The van der Waals surface area contributed by atoms with Gasteiger partial charge in [-0.3, -0.25) is 10.1 Å². The van der Waals surface area contributed by atoms with E-state index in [9.17, 15) is 14.4 Å². The normalized spacial score (nSPS) is 18.4. The summed E-state index contributed by atoms with van der Waals surface area (Å²) in [7, 11) is 0.